The molecule has 0 saturated heterocycles. The number of aliphatic hydroxyl groups excluding tert-OH is 1. The van der Waals surface area contributed by atoms with Gasteiger partial charge in [0.2, 0.25) is 0 Å². The van der Waals surface area contributed by atoms with Crippen molar-refractivity contribution in [2.24, 2.45) is 0 Å². The van der Waals surface area contributed by atoms with Gasteiger partial charge in [-0.1, -0.05) is 0 Å². The Morgan fingerprint density at radius 1 is 1.63 bits per heavy atom. The molecule has 2 aromatic rings. The highest BCUT2D eigenvalue weighted by Gasteiger charge is 2.10. The molecule has 7 heteroatoms. The van der Waals surface area contributed by atoms with Crippen LogP contribution in [0, 0.1) is 0 Å². The first-order valence-corrected chi connectivity index (χ1v) is 6.67. The fraction of sp³-hybridized carbons (Fsp3) is 0.333. The van der Waals surface area contributed by atoms with Crippen LogP contribution < -0.4 is 5.32 Å². The second-order valence-electron chi connectivity index (χ2n) is 3.93. The molecule has 0 aliphatic carbocycles. The first-order valence-electron chi connectivity index (χ1n) is 5.79. The second kappa shape index (κ2) is 6.35. The number of rotatable bonds is 5. The minimum atomic E-state index is -0.235. The highest BCUT2D eigenvalue weighted by atomic mass is 32.1. The topological polar surface area (TPSA) is 78.6 Å². The summed E-state index contributed by atoms with van der Waals surface area (Å²) in [7, 11) is 1.63. The van der Waals surface area contributed by atoms with Crippen LogP contribution in [-0.4, -0.2) is 41.2 Å². The Hall–Kier alpha value is -1.86. The first kappa shape index (κ1) is 13.6. The number of urea groups is 1. The molecule has 2 aromatic heterocycles. The van der Waals surface area contributed by atoms with E-state index in [0.717, 1.165) is 16.5 Å². The molecule has 6 nitrogen and oxygen atoms in total. The van der Waals surface area contributed by atoms with Crippen molar-refractivity contribution < 1.29 is 14.3 Å². The SMILES string of the molecule is CN(CCO)C(=O)NCc1csc(-c2ccco2)n1. The Balaban J connectivity index is 1.89. The van der Waals surface area contributed by atoms with Crippen LogP contribution in [0.4, 0.5) is 4.79 Å². The van der Waals surface area contributed by atoms with Crippen LogP contribution in [0.3, 0.4) is 0 Å². The van der Waals surface area contributed by atoms with Crippen LogP contribution >= 0.6 is 11.3 Å². The molecule has 0 saturated carbocycles. The van der Waals surface area contributed by atoms with E-state index in [4.69, 9.17) is 9.52 Å². The average molecular weight is 281 g/mol. The van der Waals surface area contributed by atoms with E-state index in [1.54, 1.807) is 13.3 Å². The molecule has 2 amide bonds. The van der Waals surface area contributed by atoms with Gasteiger partial charge in [-0.05, 0) is 12.1 Å². The Labute approximate surface area is 114 Å². The third-order valence-electron chi connectivity index (χ3n) is 2.49. The van der Waals surface area contributed by atoms with Gasteiger partial charge in [0, 0.05) is 19.0 Å². The standard InChI is InChI=1S/C12H15N3O3S/c1-15(4-5-16)12(17)13-7-9-8-19-11(14-9)10-3-2-6-18-10/h2-3,6,8,16H,4-5,7H2,1H3,(H,13,17). The van der Waals surface area contributed by atoms with Crippen molar-refractivity contribution >= 4 is 17.4 Å². The summed E-state index contributed by atoms with van der Waals surface area (Å²) in [5, 5.41) is 14.1. The predicted molar refractivity (Wildman–Crippen MR) is 71.8 cm³/mol. The molecule has 2 heterocycles. The smallest absolute Gasteiger partial charge is 0.317 e. The molecule has 0 atom stereocenters. The molecule has 0 aliphatic rings. The lowest BCUT2D eigenvalue weighted by Gasteiger charge is -2.15. The van der Waals surface area contributed by atoms with Crippen molar-refractivity contribution in [3.8, 4) is 10.8 Å². The lowest BCUT2D eigenvalue weighted by Crippen LogP contribution is -2.38. The van der Waals surface area contributed by atoms with E-state index >= 15 is 0 Å². The molecule has 2 rings (SSSR count). The number of carbonyl (C=O) groups is 1. The molecule has 0 radical (unpaired) electrons. The number of furan rings is 1. The van der Waals surface area contributed by atoms with Gasteiger partial charge in [-0.2, -0.15) is 0 Å². The number of carbonyl (C=O) groups excluding carboxylic acids is 1. The molecular weight excluding hydrogens is 266 g/mol. The average Bonchev–Trinajstić information content (AvgIpc) is 3.06. The molecule has 0 aliphatic heterocycles. The number of aliphatic hydroxyl groups is 1. The van der Waals surface area contributed by atoms with Crippen LogP contribution in [0.2, 0.25) is 0 Å². The van der Waals surface area contributed by atoms with Crippen LogP contribution in [0.15, 0.2) is 28.2 Å². The van der Waals surface area contributed by atoms with Gasteiger partial charge in [0.25, 0.3) is 0 Å². The zero-order valence-electron chi connectivity index (χ0n) is 10.5. The lowest BCUT2D eigenvalue weighted by atomic mass is 10.4. The zero-order valence-corrected chi connectivity index (χ0v) is 11.3. The molecule has 2 N–H and O–H groups in total. The van der Waals surface area contributed by atoms with E-state index < -0.39 is 0 Å². The molecule has 19 heavy (non-hydrogen) atoms. The monoisotopic (exact) mass is 281 g/mol. The minimum Gasteiger partial charge on any atom is -0.462 e. The second-order valence-corrected chi connectivity index (χ2v) is 4.78. The number of nitrogens with one attached hydrogen (secondary N) is 1. The quantitative estimate of drug-likeness (QED) is 0.871. The van der Waals surface area contributed by atoms with Crippen molar-refractivity contribution in [3.63, 3.8) is 0 Å². The summed E-state index contributed by atoms with van der Waals surface area (Å²) in [5.41, 5.74) is 0.780. The Morgan fingerprint density at radius 2 is 2.47 bits per heavy atom. The molecule has 0 fully saturated rings. The number of thiazole rings is 1. The maximum Gasteiger partial charge on any atom is 0.317 e. The molecule has 0 spiro atoms. The number of aromatic nitrogens is 1. The number of hydrogen-bond acceptors (Lipinski definition) is 5. The Morgan fingerprint density at radius 3 is 3.16 bits per heavy atom. The maximum atomic E-state index is 11.6. The van der Waals surface area contributed by atoms with Crippen molar-refractivity contribution in [2.45, 2.75) is 6.54 Å². The number of hydrogen-bond donors (Lipinski definition) is 2. The van der Waals surface area contributed by atoms with E-state index in [9.17, 15) is 4.79 Å². The summed E-state index contributed by atoms with van der Waals surface area (Å²) in [6, 6.07) is 3.42. The summed E-state index contributed by atoms with van der Waals surface area (Å²) in [5.74, 6) is 0.722. The van der Waals surface area contributed by atoms with Gasteiger partial charge >= 0.3 is 6.03 Å². The van der Waals surface area contributed by atoms with Crippen molar-refractivity contribution in [1.82, 2.24) is 15.2 Å². The minimum absolute atomic E-state index is 0.0523. The van der Waals surface area contributed by atoms with E-state index in [2.05, 4.69) is 10.3 Å². The number of likely N-dealkylation sites (N-methyl/N-ethyl adjacent to an activating group) is 1. The Bertz CT molecular complexity index is 524. The molecule has 0 unspecified atom stereocenters. The number of nitrogens with zero attached hydrogens (tertiary/aromatic N) is 2. The predicted octanol–water partition coefficient (Wildman–Crippen LogP) is 1.54. The number of amides is 2. The molecule has 102 valence electrons. The lowest BCUT2D eigenvalue weighted by molar-refractivity contribution is 0.190. The van der Waals surface area contributed by atoms with Crippen molar-refractivity contribution in [2.75, 3.05) is 20.2 Å². The van der Waals surface area contributed by atoms with Gasteiger partial charge in [0.1, 0.15) is 0 Å². The third kappa shape index (κ3) is 3.55. The van der Waals surface area contributed by atoms with Crippen molar-refractivity contribution in [1.29, 1.82) is 0 Å². The van der Waals surface area contributed by atoms with Gasteiger partial charge in [-0.3, -0.25) is 0 Å². The van der Waals surface area contributed by atoms with Crippen LogP contribution in [0.5, 0.6) is 0 Å². The van der Waals surface area contributed by atoms with Crippen LogP contribution in [0.25, 0.3) is 10.8 Å². The first-order chi connectivity index (χ1) is 9.20. The normalized spacial score (nSPS) is 10.4. The van der Waals surface area contributed by atoms with E-state index in [1.807, 2.05) is 17.5 Å². The van der Waals surface area contributed by atoms with Gasteiger partial charge in [0.05, 0.1) is 25.1 Å². The fourth-order valence-electron chi connectivity index (χ4n) is 1.45. The summed E-state index contributed by atoms with van der Waals surface area (Å²) in [4.78, 5) is 17.4. The van der Waals surface area contributed by atoms with E-state index in [1.165, 1.54) is 16.2 Å². The highest BCUT2D eigenvalue weighted by molar-refractivity contribution is 7.13. The summed E-state index contributed by atoms with van der Waals surface area (Å²) >= 11 is 1.47. The summed E-state index contributed by atoms with van der Waals surface area (Å²) in [6.45, 7) is 0.607. The van der Waals surface area contributed by atoms with Crippen molar-refractivity contribution in [3.05, 3.63) is 29.5 Å². The van der Waals surface area contributed by atoms with Gasteiger partial charge < -0.3 is 19.7 Å². The highest BCUT2D eigenvalue weighted by Crippen LogP contribution is 2.23. The van der Waals surface area contributed by atoms with E-state index in [-0.39, 0.29) is 12.6 Å². The zero-order chi connectivity index (χ0) is 13.7. The maximum absolute atomic E-state index is 11.6. The molecule has 0 aromatic carbocycles. The molecular formula is C12H15N3O3S. The summed E-state index contributed by atoms with van der Waals surface area (Å²) < 4.78 is 5.25. The third-order valence-corrected chi connectivity index (χ3v) is 3.39. The Kier molecular flexibility index (Phi) is 4.53. The van der Waals surface area contributed by atoms with Gasteiger partial charge in [-0.25, -0.2) is 9.78 Å². The van der Waals surface area contributed by atoms with Gasteiger partial charge in [0.15, 0.2) is 10.8 Å². The fourth-order valence-corrected chi connectivity index (χ4v) is 2.24. The van der Waals surface area contributed by atoms with Crippen LogP contribution in [-0.2, 0) is 6.54 Å². The van der Waals surface area contributed by atoms with Crippen LogP contribution in [0.1, 0.15) is 5.69 Å². The molecule has 0 bridgehead atoms. The van der Waals surface area contributed by atoms with Gasteiger partial charge in [-0.15, -0.1) is 11.3 Å². The van der Waals surface area contributed by atoms with E-state index in [0.29, 0.717) is 13.1 Å². The largest absolute Gasteiger partial charge is 0.462 e. The summed E-state index contributed by atoms with van der Waals surface area (Å²) in [6.07, 6.45) is 1.60.